The minimum Gasteiger partial charge on any atom is -0.488 e. The monoisotopic (exact) mass is 524 g/mol. The van der Waals surface area contributed by atoms with E-state index in [9.17, 15) is 10.1 Å². The molecule has 0 aromatic heterocycles. The minimum absolute atomic E-state index is 0.0397. The average molecular weight is 525 g/mol. The zero-order chi connectivity index (χ0) is 24.5. The fraction of sp³-hybridized carbons (Fsp3) is 0.133. The lowest BCUT2D eigenvalue weighted by atomic mass is 10.1. The molecule has 0 atom stereocenters. The first-order chi connectivity index (χ1) is 17.1. The standard InChI is InChI=1S/C30H25BrN2O2/c31-27-15-16-29(35-21-24-13-6-12-23-11-4-5-14-28(23)24)25(19-27)18-26(20-32)30(34)33-17-7-10-22-8-2-1-3-9-22/h1-6,8-9,11-16,18-19H,7,10,17,21H2,(H,33,34)/b26-18-. The van der Waals surface area contributed by atoms with Gasteiger partial charge in [-0.2, -0.15) is 5.26 Å². The second kappa shape index (κ2) is 12.0. The number of rotatable bonds is 9. The average Bonchev–Trinajstić information content (AvgIpc) is 2.89. The van der Waals surface area contributed by atoms with Crippen LogP contribution >= 0.6 is 15.9 Å². The molecule has 0 heterocycles. The summed E-state index contributed by atoms with van der Waals surface area (Å²) in [6.07, 6.45) is 3.24. The Morgan fingerprint density at radius 1 is 0.971 bits per heavy atom. The van der Waals surface area contributed by atoms with Crippen LogP contribution in [0.1, 0.15) is 23.1 Å². The number of nitriles is 1. The molecule has 4 aromatic carbocycles. The van der Waals surface area contributed by atoms with Crippen LogP contribution in [-0.4, -0.2) is 12.5 Å². The van der Waals surface area contributed by atoms with Gasteiger partial charge in [-0.25, -0.2) is 0 Å². The van der Waals surface area contributed by atoms with E-state index in [1.165, 1.54) is 5.56 Å². The van der Waals surface area contributed by atoms with E-state index in [2.05, 4.69) is 51.6 Å². The van der Waals surface area contributed by atoms with Crippen LogP contribution in [-0.2, 0) is 17.8 Å². The van der Waals surface area contributed by atoms with Crippen molar-refractivity contribution in [3.8, 4) is 11.8 Å². The van der Waals surface area contributed by atoms with Gasteiger partial charge in [-0.3, -0.25) is 4.79 Å². The number of benzene rings is 4. The zero-order valence-corrected chi connectivity index (χ0v) is 20.8. The Labute approximate surface area is 214 Å². The maximum atomic E-state index is 12.7. The van der Waals surface area contributed by atoms with Crippen molar-refractivity contribution >= 4 is 38.7 Å². The molecule has 1 amide bonds. The van der Waals surface area contributed by atoms with Crippen molar-refractivity contribution in [3.05, 3.63) is 118 Å². The van der Waals surface area contributed by atoms with Gasteiger partial charge in [0, 0.05) is 16.6 Å². The Morgan fingerprint density at radius 2 is 1.74 bits per heavy atom. The van der Waals surface area contributed by atoms with Crippen molar-refractivity contribution in [3.63, 3.8) is 0 Å². The van der Waals surface area contributed by atoms with Gasteiger partial charge in [0.1, 0.15) is 24.0 Å². The highest BCUT2D eigenvalue weighted by Gasteiger charge is 2.12. The maximum Gasteiger partial charge on any atom is 0.261 e. The first-order valence-corrected chi connectivity index (χ1v) is 12.3. The van der Waals surface area contributed by atoms with Crippen molar-refractivity contribution in [2.45, 2.75) is 19.4 Å². The third-order valence-electron chi connectivity index (χ3n) is 5.67. The van der Waals surface area contributed by atoms with E-state index in [1.807, 2.05) is 66.7 Å². The maximum absolute atomic E-state index is 12.7. The van der Waals surface area contributed by atoms with Crippen LogP contribution in [0.2, 0.25) is 0 Å². The number of fused-ring (bicyclic) bond motifs is 1. The SMILES string of the molecule is N#C/C(=C/c1cc(Br)ccc1OCc1cccc2ccccc12)C(=O)NCCCc1ccccc1. The molecule has 35 heavy (non-hydrogen) atoms. The molecule has 0 aliphatic rings. The van der Waals surface area contributed by atoms with Gasteiger partial charge in [0.25, 0.3) is 5.91 Å². The van der Waals surface area contributed by atoms with Crippen molar-refractivity contribution < 1.29 is 9.53 Å². The Hall–Kier alpha value is -3.88. The summed E-state index contributed by atoms with van der Waals surface area (Å²) in [5, 5.41) is 14.8. The molecule has 0 saturated heterocycles. The van der Waals surface area contributed by atoms with Gasteiger partial charge in [-0.05, 0) is 59.0 Å². The molecule has 1 N–H and O–H groups in total. The van der Waals surface area contributed by atoms with Crippen LogP contribution in [0.4, 0.5) is 0 Å². The summed E-state index contributed by atoms with van der Waals surface area (Å²) in [6, 6.07) is 32.0. The first-order valence-electron chi connectivity index (χ1n) is 11.5. The molecule has 0 aliphatic heterocycles. The summed E-state index contributed by atoms with van der Waals surface area (Å²) in [6.45, 7) is 0.868. The lowest BCUT2D eigenvalue weighted by Crippen LogP contribution is -2.25. The van der Waals surface area contributed by atoms with E-state index in [-0.39, 0.29) is 11.5 Å². The molecule has 0 spiro atoms. The first kappa shape index (κ1) is 24.3. The number of nitrogens with zero attached hydrogens (tertiary/aromatic N) is 1. The summed E-state index contributed by atoms with van der Waals surface area (Å²) >= 11 is 3.48. The number of halogens is 1. The molecule has 0 aliphatic carbocycles. The van der Waals surface area contributed by atoms with E-state index in [4.69, 9.17) is 4.74 Å². The van der Waals surface area contributed by atoms with Gasteiger partial charge >= 0.3 is 0 Å². The summed E-state index contributed by atoms with van der Waals surface area (Å²) in [7, 11) is 0. The van der Waals surface area contributed by atoms with E-state index in [0.29, 0.717) is 24.5 Å². The summed E-state index contributed by atoms with van der Waals surface area (Å²) in [4.78, 5) is 12.7. The number of nitrogens with one attached hydrogen (secondary N) is 1. The largest absolute Gasteiger partial charge is 0.488 e. The number of aryl methyl sites for hydroxylation is 1. The zero-order valence-electron chi connectivity index (χ0n) is 19.2. The highest BCUT2D eigenvalue weighted by atomic mass is 79.9. The van der Waals surface area contributed by atoms with Gasteiger partial charge < -0.3 is 10.1 Å². The molecule has 0 saturated carbocycles. The quantitative estimate of drug-likeness (QED) is 0.148. The predicted octanol–water partition coefficient (Wildman–Crippen LogP) is 6.84. The van der Waals surface area contributed by atoms with Crippen LogP contribution in [0.25, 0.3) is 16.8 Å². The van der Waals surface area contributed by atoms with Gasteiger partial charge in [-0.15, -0.1) is 0 Å². The van der Waals surface area contributed by atoms with E-state index in [1.54, 1.807) is 6.08 Å². The molecule has 0 bridgehead atoms. The lowest BCUT2D eigenvalue weighted by molar-refractivity contribution is -0.117. The van der Waals surface area contributed by atoms with Crippen LogP contribution in [0.15, 0.2) is 101 Å². The number of hydrogen-bond acceptors (Lipinski definition) is 3. The lowest BCUT2D eigenvalue weighted by Gasteiger charge is -2.12. The minimum atomic E-state index is -0.388. The molecular formula is C30H25BrN2O2. The summed E-state index contributed by atoms with van der Waals surface area (Å²) in [5.41, 5.74) is 2.99. The van der Waals surface area contributed by atoms with Crippen molar-refractivity contribution in [2.24, 2.45) is 0 Å². The van der Waals surface area contributed by atoms with Gasteiger partial charge in [0.15, 0.2) is 0 Å². The van der Waals surface area contributed by atoms with Gasteiger partial charge in [0.05, 0.1) is 0 Å². The van der Waals surface area contributed by atoms with Gasteiger partial charge in [-0.1, -0.05) is 88.7 Å². The van der Waals surface area contributed by atoms with E-state index < -0.39 is 0 Å². The van der Waals surface area contributed by atoms with Crippen molar-refractivity contribution in [1.82, 2.24) is 5.32 Å². The predicted molar refractivity (Wildman–Crippen MR) is 144 cm³/mol. The second-order valence-electron chi connectivity index (χ2n) is 8.12. The molecule has 174 valence electrons. The van der Waals surface area contributed by atoms with Crippen LogP contribution in [0.5, 0.6) is 5.75 Å². The fourth-order valence-electron chi connectivity index (χ4n) is 3.88. The Morgan fingerprint density at radius 3 is 2.57 bits per heavy atom. The van der Waals surface area contributed by atoms with Crippen LogP contribution in [0, 0.1) is 11.3 Å². The Balaban J connectivity index is 1.45. The van der Waals surface area contributed by atoms with E-state index >= 15 is 0 Å². The molecule has 4 aromatic rings. The number of amides is 1. The number of hydrogen-bond donors (Lipinski definition) is 1. The second-order valence-corrected chi connectivity index (χ2v) is 9.04. The van der Waals surface area contributed by atoms with Crippen LogP contribution in [0.3, 0.4) is 0 Å². The highest BCUT2D eigenvalue weighted by Crippen LogP contribution is 2.27. The normalized spacial score (nSPS) is 11.1. The van der Waals surface area contributed by atoms with Crippen LogP contribution < -0.4 is 10.1 Å². The van der Waals surface area contributed by atoms with Gasteiger partial charge in [0.2, 0.25) is 0 Å². The third kappa shape index (κ3) is 6.59. The topological polar surface area (TPSA) is 62.1 Å². The Bertz CT molecular complexity index is 1390. The number of ether oxygens (including phenoxy) is 1. The molecule has 0 unspecified atom stereocenters. The summed E-state index contributed by atoms with van der Waals surface area (Å²) in [5.74, 6) is 0.214. The molecule has 4 nitrogen and oxygen atoms in total. The molecule has 5 heteroatoms. The highest BCUT2D eigenvalue weighted by molar-refractivity contribution is 9.10. The third-order valence-corrected chi connectivity index (χ3v) is 6.16. The van der Waals surface area contributed by atoms with Crippen molar-refractivity contribution in [1.29, 1.82) is 5.26 Å². The molecular weight excluding hydrogens is 500 g/mol. The smallest absolute Gasteiger partial charge is 0.261 e. The fourth-order valence-corrected chi connectivity index (χ4v) is 4.25. The number of carbonyl (C=O) groups is 1. The Kier molecular flexibility index (Phi) is 8.32. The molecule has 0 radical (unpaired) electrons. The molecule has 0 fully saturated rings. The van der Waals surface area contributed by atoms with E-state index in [0.717, 1.165) is 33.7 Å². The number of carbonyl (C=O) groups excluding carboxylic acids is 1. The molecule has 4 rings (SSSR count). The summed E-state index contributed by atoms with van der Waals surface area (Å²) < 4.78 is 6.99. The van der Waals surface area contributed by atoms with Crippen molar-refractivity contribution in [2.75, 3.05) is 6.54 Å².